The normalized spacial score (nSPS) is 11.6. The fourth-order valence-corrected chi connectivity index (χ4v) is 3.99. The first kappa shape index (κ1) is 20.9. The number of benzene rings is 2. The van der Waals surface area contributed by atoms with E-state index in [9.17, 15) is 18.0 Å². The molecule has 0 fully saturated rings. The highest BCUT2D eigenvalue weighted by Gasteiger charge is 2.32. The number of para-hydroxylation sites is 1. The largest absolute Gasteiger partial charge is 0.573 e. The van der Waals surface area contributed by atoms with Crippen LogP contribution in [0.5, 0.6) is 5.75 Å². The number of hydrogen-bond acceptors (Lipinski definition) is 4. The predicted octanol–water partition coefficient (Wildman–Crippen LogP) is 5.13. The Morgan fingerprint density at radius 3 is 2.65 bits per heavy atom. The quantitative estimate of drug-likeness (QED) is 0.448. The SMILES string of the molecule is Cc1ccc(-c2cn3c(CC(=O)NCc4ccccc4OC(F)(F)F)csc3n2)cc1. The van der Waals surface area contributed by atoms with Gasteiger partial charge in [0, 0.05) is 34.9 Å². The summed E-state index contributed by atoms with van der Waals surface area (Å²) in [6, 6.07) is 13.7. The van der Waals surface area contributed by atoms with E-state index in [4.69, 9.17) is 0 Å². The lowest BCUT2D eigenvalue weighted by Crippen LogP contribution is -2.26. The van der Waals surface area contributed by atoms with Crippen LogP contribution in [0.2, 0.25) is 0 Å². The fourth-order valence-electron chi connectivity index (χ4n) is 3.11. The number of aromatic nitrogens is 2. The van der Waals surface area contributed by atoms with Crippen LogP contribution in [0.1, 0.15) is 16.8 Å². The van der Waals surface area contributed by atoms with Gasteiger partial charge >= 0.3 is 6.36 Å². The van der Waals surface area contributed by atoms with Crippen LogP contribution in [0.3, 0.4) is 0 Å². The number of halogens is 3. The molecule has 2 aromatic carbocycles. The standard InChI is InChI=1S/C22H18F3N3O2S/c1-14-6-8-15(9-7-14)18-12-28-17(13-31-21(28)27-18)10-20(29)26-11-16-4-2-3-5-19(16)30-22(23,24)25/h2-9,12-13H,10-11H2,1H3,(H,26,29). The number of thiazole rings is 1. The van der Waals surface area contributed by atoms with Crippen molar-refractivity contribution in [1.29, 1.82) is 0 Å². The monoisotopic (exact) mass is 445 g/mol. The molecule has 2 aromatic heterocycles. The minimum Gasteiger partial charge on any atom is -0.405 e. The second-order valence-electron chi connectivity index (χ2n) is 6.98. The summed E-state index contributed by atoms with van der Waals surface area (Å²) in [4.78, 5) is 17.8. The number of nitrogens with one attached hydrogen (secondary N) is 1. The van der Waals surface area contributed by atoms with Crippen LogP contribution >= 0.6 is 11.3 Å². The van der Waals surface area contributed by atoms with Crippen molar-refractivity contribution in [2.45, 2.75) is 26.3 Å². The summed E-state index contributed by atoms with van der Waals surface area (Å²) in [6.07, 6.45) is -2.84. The van der Waals surface area contributed by atoms with E-state index in [1.165, 1.54) is 29.5 Å². The van der Waals surface area contributed by atoms with Gasteiger partial charge in [-0.1, -0.05) is 48.0 Å². The number of aryl methyl sites for hydroxylation is 1. The van der Waals surface area contributed by atoms with Crippen molar-refractivity contribution in [3.8, 4) is 17.0 Å². The molecule has 4 aromatic rings. The number of carbonyl (C=O) groups excluding carboxylic acids is 1. The highest BCUT2D eigenvalue weighted by molar-refractivity contribution is 7.15. The van der Waals surface area contributed by atoms with Crippen molar-refractivity contribution in [2.24, 2.45) is 0 Å². The van der Waals surface area contributed by atoms with E-state index in [1.807, 2.05) is 47.2 Å². The molecule has 0 bridgehead atoms. The number of nitrogens with zero attached hydrogens (tertiary/aromatic N) is 2. The average Bonchev–Trinajstić information content (AvgIpc) is 3.29. The molecule has 9 heteroatoms. The zero-order chi connectivity index (χ0) is 22.0. The van der Waals surface area contributed by atoms with Crippen LogP contribution in [0.15, 0.2) is 60.1 Å². The molecule has 1 N–H and O–H groups in total. The van der Waals surface area contributed by atoms with Gasteiger partial charge in [0.15, 0.2) is 4.96 Å². The van der Waals surface area contributed by atoms with Crippen LogP contribution < -0.4 is 10.1 Å². The lowest BCUT2D eigenvalue weighted by molar-refractivity contribution is -0.274. The van der Waals surface area contributed by atoms with Crippen molar-refractivity contribution in [2.75, 3.05) is 0 Å². The van der Waals surface area contributed by atoms with E-state index in [0.29, 0.717) is 0 Å². The molecule has 0 aliphatic rings. The van der Waals surface area contributed by atoms with E-state index in [1.54, 1.807) is 6.07 Å². The van der Waals surface area contributed by atoms with Gasteiger partial charge in [0.2, 0.25) is 5.91 Å². The maximum Gasteiger partial charge on any atom is 0.573 e. The number of rotatable bonds is 6. The number of amides is 1. The molecule has 0 saturated carbocycles. The minimum absolute atomic E-state index is 0.0725. The summed E-state index contributed by atoms with van der Waals surface area (Å²) < 4.78 is 43.5. The van der Waals surface area contributed by atoms with E-state index >= 15 is 0 Å². The summed E-state index contributed by atoms with van der Waals surface area (Å²) in [5.74, 6) is -0.641. The van der Waals surface area contributed by atoms with Gasteiger partial charge in [-0.2, -0.15) is 0 Å². The van der Waals surface area contributed by atoms with Crippen LogP contribution in [-0.2, 0) is 17.8 Å². The Morgan fingerprint density at radius 1 is 1.16 bits per heavy atom. The smallest absolute Gasteiger partial charge is 0.405 e. The molecule has 2 heterocycles. The highest BCUT2D eigenvalue weighted by Crippen LogP contribution is 2.27. The molecule has 4 rings (SSSR count). The van der Waals surface area contributed by atoms with Crippen molar-refractivity contribution in [3.05, 3.63) is 76.9 Å². The third-order valence-corrected chi connectivity index (χ3v) is 5.54. The van der Waals surface area contributed by atoms with Gasteiger partial charge in [-0.3, -0.25) is 9.20 Å². The van der Waals surface area contributed by atoms with Crippen molar-refractivity contribution >= 4 is 22.2 Å². The average molecular weight is 445 g/mol. The van der Waals surface area contributed by atoms with Gasteiger partial charge in [0.05, 0.1) is 12.1 Å². The van der Waals surface area contributed by atoms with Gasteiger partial charge in [-0.15, -0.1) is 24.5 Å². The van der Waals surface area contributed by atoms with Crippen molar-refractivity contribution in [1.82, 2.24) is 14.7 Å². The topological polar surface area (TPSA) is 55.6 Å². The molecular weight excluding hydrogens is 427 g/mol. The molecule has 160 valence electrons. The minimum atomic E-state index is -4.79. The van der Waals surface area contributed by atoms with E-state index < -0.39 is 6.36 Å². The van der Waals surface area contributed by atoms with E-state index in [2.05, 4.69) is 15.0 Å². The lowest BCUT2D eigenvalue weighted by atomic mass is 10.1. The van der Waals surface area contributed by atoms with Gasteiger partial charge in [-0.25, -0.2) is 4.98 Å². The molecule has 5 nitrogen and oxygen atoms in total. The first-order chi connectivity index (χ1) is 14.8. The van der Waals surface area contributed by atoms with Gasteiger partial charge in [0.25, 0.3) is 0 Å². The Balaban J connectivity index is 1.44. The number of hydrogen-bond donors (Lipinski definition) is 1. The molecule has 31 heavy (non-hydrogen) atoms. The second kappa shape index (κ2) is 8.43. The third-order valence-electron chi connectivity index (χ3n) is 4.65. The molecule has 0 radical (unpaired) electrons. The number of ether oxygens (including phenoxy) is 1. The Bertz CT molecular complexity index is 1210. The van der Waals surface area contributed by atoms with Gasteiger partial charge in [-0.05, 0) is 13.0 Å². The van der Waals surface area contributed by atoms with Crippen LogP contribution in [-0.4, -0.2) is 21.7 Å². The molecule has 0 atom stereocenters. The lowest BCUT2D eigenvalue weighted by Gasteiger charge is -2.13. The van der Waals surface area contributed by atoms with Crippen LogP contribution in [0, 0.1) is 6.92 Å². The number of imidazole rings is 1. The summed E-state index contributed by atoms with van der Waals surface area (Å²) in [5, 5.41) is 4.51. The van der Waals surface area contributed by atoms with Crippen LogP contribution in [0.25, 0.3) is 16.2 Å². The first-order valence-corrected chi connectivity index (χ1v) is 10.3. The van der Waals surface area contributed by atoms with E-state index in [-0.39, 0.29) is 30.2 Å². The maximum atomic E-state index is 12.5. The Morgan fingerprint density at radius 2 is 1.90 bits per heavy atom. The van der Waals surface area contributed by atoms with Crippen molar-refractivity contribution < 1.29 is 22.7 Å². The molecule has 1 amide bonds. The molecule has 0 spiro atoms. The predicted molar refractivity (Wildman–Crippen MR) is 112 cm³/mol. The molecular formula is C22H18F3N3O2S. The third kappa shape index (κ3) is 5.05. The molecule has 0 aliphatic carbocycles. The van der Waals surface area contributed by atoms with Gasteiger partial charge < -0.3 is 10.1 Å². The summed E-state index contributed by atoms with van der Waals surface area (Å²) in [5.41, 5.74) is 3.95. The molecule has 0 aliphatic heterocycles. The number of fused-ring (bicyclic) bond motifs is 1. The Kier molecular flexibility index (Phi) is 5.69. The fraction of sp³-hybridized carbons (Fsp3) is 0.182. The zero-order valence-electron chi connectivity index (χ0n) is 16.4. The summed E-state index contributed by atoms with van der Waals surface area (Å²) >= 11 is 1.42. The van der Waals surface area contributed by atoms with Gasteiger partial charge in [0.1, 0.15) is 5.75 Å². The Hall–Kier alpha value is -3.33. The molecule has 0 unspecified atom stereocenters. The number of alkyl halides is 3. The van der Waals surface area contributed by atoms with Crippen molar-refractivity contribution in [3.63, 3.8) is 0 Å². The number of carbonyl (C=O) groups is 1. The Labute approximate surface area is 180 Å². The summed E-state index contributed by atoms with van der Waals surface area (Å²) in [6.45, 7) is 1.94. The maximum absolute atomic E-state index is 12.5. The van der Waals surface area contributed by atoms with Crippen LogP contribution in [0.4, 0.5) is 13.2 Å². The summed E-state index contributed by atoms with van der Waals surface area (Å²) in [7, 11) is 0. The first-order valence-electron chi connectivity index (χ1n) is 9.41. The second-order valence-corrected chi connectivity index (χ2v) is 7.82. The highest BCUT2D eigenvalue weighted by atomic mass is 32.1. The molecule has 0 saturated heterocycles. The van der Waals surface area contributed by atoms with E-state index in [0.717, 1.165) is 27.5 Å². The zero-order valence-corrected chi connectivity index (χ0v) is 17.3.